The van der Waals surface area contributed by atoms with Crippen LogP contribution in [-0.4, -0.2) is 11.4 Å². The maximum Gasteiger partial charge on any atom is 0.0718 e. The highest BCUT2D eigenvalue weighted by atomic mass is 32.2. The monoisotopic (exact) mass is 322 g/mol. The van der Waals surface area contributed by atoms with E-state index in [1.165, 1.54) is 23.9 Å². The van der Waals surface area contributed by atoms with E-state index >= 15 is 0 Å². The van der Waals surface area contributed by atoms with E-state index in [2.05, 4.69) is 8.80 Å². The van der Waals surface area contributed by atoms with Crippen molar-refractivity contribution in [1.29, 1.82) is 0 Å². The van der Waals surface area contributed by atoms with E-state index in [0.29, 0.717) is 0 Å². The first kappa shape index (κ1) is 14.9. The molecule has 0 atom stereocenters. The highest BCUT2D eigenvalue weighted by Gasteiger charge is 2.00. The zero-order valence-corrected chi connectivity index (χ0v) is 13.4. The van der Waals surface area contributed by atoms with Gasteiger partial charge in [-0.1, -0.05) is 36.4 Å². The van der Waals surface area contributed by atoms with Crippen molar-refractivity contribution in [1.82, 2.24) is 0 Å². The summed E-state index contributed by atoms with van der Waals surface area (Å²) in [5.41, 5.74) is 1.88. The van der Waals surface area contributed by atoms with Crippen LogP contribution in [0.4, 0.5) is 0 Å². The van der Waals surface area contributed by atoms with Crippen molar-refractivity contribution in [2.45, 2.75) is 9.79 Å². The lowest BCUT2D eigenvalue weighted by atomic mass is 10.1. The zero-order valence-electron chi connectivity index (χ0n) is 11.8. The Morgan fingerprint density at radius 2 is 0.864 bits per heavy atom. The minimum absolute atomic E-state index is 0.942. The van der Waals surface area contributed by atoms with Crippen molar-refractivity contribution in [3.63, 3.8) is 0 Å². The Morgan fingerprint density at radius 1 is 0.500 bits per heavy atom. The summed E-state index contributed by atoms with van der Waals surface area (Å²) in [6, 6.07) is 20.3. The minimum atomic E-state index is 0.942. The zero-order chi connectivity index (χ0) is 15.0. The number of allylic oxidation sites excluding steroid dienone is 4. The second-order valence-electron chi connectivity index (χ2n) is 4.51. The molecule has 0 N–H and O–H groups in total. The van der Waals surface area contributed by atoms with Gasteiger partial charge >= 0.3 is 0 Å². The smallest absolute Gasteiger partial charge is 0.0718 e. The van der Waals surface area contributed by atoms with Crippen molar-refractivity contribution in [2.24, 2.45) is 8.80 Å². The van der Waals surface area contributed by atoms with Crippen LogP contribution in [0.2, 0.25) is 0 Å². The van der Waals surface area contributed by atoms with Crippen molar-refractivity contribution in [3.05, 3.63) is 85.0 Å². The molecule has 0 spiro atoms. The largest absolute Gasteiger partial charge is 0.212 e. The maximum absolute atomic E-state index is 4.50. The van der Waals surface area contributed by atoms with Crippen LogP contribution in [0, 0.1) is 0 Å². The van der Waals surface area contributed by atoms with Gasteiger partial charge in [-0.2, -0.15) is 0 Å². The first-order valence-corrected chi connectivity index (χ1v) is 8.41. The molecule has 1 aliphatic carbocycles. The average Bonchev–Trinajstić information content (AvgIpc) is 2.61. The van der Waals surface area contributed by atoms with Crippen LogP contribution in [0.3, 0.4) is 0 Å². The molecule has 0 radical (unpaired) electrons. The fourth-order valence-corrected chi connectivity index (χ4v) is 2.97. The summed E-state index contributed by atoms with van der Waals surface area (Å²) in [6.45, 7) is 0. The summed E-state index contributed by atoms with van der Waals surface area (Å²) >= 11 is 2.96. The third kappa shape index (κ3) is 4.48. The van der Waals surface area contributed by atoms with Crippen LogP contribution in [-0.2, 0) is 0 Å². The number of rotatable bonds is 4. The standard InChI is InChI=1S/C18H14N2S2/c1-3-7-17(8-4-1)21-19-15-11-13-16(14-12-15)20-22-18-9-5-2-6-10-18/h1-14H. The topological polar surface area (TPSA) is 24.7 Å². The number of hydrogen-bond donors (Lipinski definition) is 0. The molecule has 0 aliphatic heterocycles. The summed E-state index contributed by atoms with van der Waals surface area (Å²) in [5, 5.41) is 0. The number of benzene rings is 2. The van der Waals surface area contributed by atoms with Crippen LogP contribution in [0.15, 0.2) is 104 Å². The van der Waals surface area contributed by atoms with Crippen LogP contribution >= 0.6 is 23.9 Å². The van der Waals surface area contributed by atoms with E-state index in [-0.39, 0.29) is 0 Å². The summed E-state index contributed by atoms with van der Waals surface area (Å²) in [6.07, 6.45) is 7.95. The first-order valence-electron chi connectivity index (χ1n) is 6.86. The van der Waals surface area contributed by atoms with Gasteiger partial charge in [-0.05, 0) is 48.6 Å². The third-order valence-corrected chi connectivity index (χ3v) is 4.42. The normalized spacial score (nSPS) is 13.3. The molecular weight excluding hydrogens is 308 g/mol. The number of hydrogen-bond acceptors (Lipinski definition) is 4. The van der Waals surface area contributed by atoms with Crippen molar-refractivity contribution in [2.75, 3.05) is 0 Å². The van der Waals surface area contributed by atoms with Gasteiger partial charge in [0.25, 0.3) is 0 Å². The minimum Gasteiger partial charge on any atom is -0.212 e. The lowest BCUT2D eigenvalue weighted by molar-refractivity contribution is 1.46. The second kappa shape index (κ2) is 7.82. The molecule has 0 bridgehead atoms. The maximum atomic E-state index is 4.50. The first-order chi connectivity index (χ1) is 10.9. The van der Waals surface area contributed by atoms with Crippen molar-refractivity contribution >= 4 is 35.3 Å². The van der Waals surface area contributed by atoms with Crippen LogP contribution < -0.4 is 0 Å². The van der Waals surface area contributed by atoms with E-state index in [4.69, 9.17) is 0 Å². The van der Waals surface area contributed by atoms with Gasteiger partial charge in [0, 0.05) is 33.7 Å². The summed E-state index contributed by atoms with van der Waals surface area (Å²) in [4.78, 5) is 2.27. The van der Waals surface area contributed by atoms with E-state index in [0.717, 1.165) is 21.2 Å². The van der Waals surface area contributed by atoms with Gasteiger partial charge in [0.05, 0.1) is 11.4 Å². The molecule has 2 aromatic carbocycles. The molecule has 0 saturated carbocycles. The van der Waals surface area contributed by atoms with Gasteiger partial charge in [0.1, 0.15) is 0 Å². The SMILES string of the molecule is C1=CC(=NSc2ccccc2)C=CC1=NSc1ccccc1. The summed E-state index contributed by atoms with van der Waals surface area (Å²) in [7, 11) is 0. The molecule has 0 unspecified atom stereocenters. The fraction of sp³-hybridized carbons (Fsp3) is 0. The molecule has 0 amide bonds. The predicted molar refractivity (Wildman–Crippen MR) is 97.7 cm³/mol. The fourth-order valence-electron chi connectivity index (χ4n) is 1.75. The van der Waals surface area contributed by atoms with Crippen LogP contribution in [0.25, 0.3) is 0 Å². The lowest BCUT2D eigenvalue weighted by Crippen LogP contribution is -1.98. The molecule has 2 aromatic rings. The Kier molecular flexibility index (Phi) is 5.29. The molecule has 22 heavy (non-hydrogen) atoms. The average molecular weight is 322 g/mol. The summed E-state index contributed by atoms with van der Waals surface area (Å²) < 4.78 is 9.01. The predicted octanol–water partition coefficient (Wildman–Crippen LogP) is 5.41. The van der Waals surface area contributed by atoms with E-state index < -0.39 is 0 Å². The third-order valence-electron chi connectivity index (χ3n) is 2.85. The van der Waals surface area contributed by atoms with Crippen molar-refractivity contribution in [3.8, 4) is 0 Å². The number of nitrogens with zero attached hydrogens (tertiary/aromatic N) is 2. The van der Waals surface area contributed by atoms with Gasteiger partial charge < -0.3 is 0 Å². The van der Waals surface area contributed by atoms with E-state index in [1.54, 1.807) is 0 Å². The van der Waals surface area contributed by atoms with Crippen LogP contribution in [0.5, 0.6) is 0 Å². The molecule has 3 rings (SSSR count). The van der Waals surface area contributed by atoms with Crippen LogP contribution in [0.1, 0.15) is 0 Å². The molecule has 4 heteroatoms. The van der Waals surface area contributed by atoms with Gasteiger partial charge in [0.2, 0.25) is 0 Å². The molecule has 2 nitrogen and oxygen atoms in total. The molecule has 108 valence electrons. The highest BCUT2D eigenvalue weighted by Crippen LogP contribution is 2.21. The Balaban J connectivity index is 1.59. The highest BCUT2D eigenvalue weighted by molar-refractivity contribution is 7.98. The molecular formula is C18H14N2S2. The van der Waals surface area contributed by atoms with Crippen molar-refractivity contribution < 1.29 is 0 Å². The molecule has 0 heterocycles. The van der Waals surface area contributed by atoms with E-state index in [1.807, 2.05) is 85.0 Å². The molecule has 0 fully saturated rings. The van der Waals surface area contributed by atoms with E-state index in [9.17, 15) is 0 Å². The van der Waals surface area contributed by atoms with Gasteiger partial charge in [-0.25, -0.2) is 8.80 Å². The quantitative estimate of drug-likeness (QED) is 0.555. The van der Waals surface area contributed by atoms with Gasteiger partial charge in [-0.15, -0.1) is 0 Å². The summed E-state index contributed by atoms with van der Waals surface area (Å²) in [5.74, 6) is 0. The molecule has 0 saturated heterocycles. The van der Waals surface area contributed by atoms with Gasteiger partial charge in [-0.3, -0.25) is 0 Å². The molecule has 1 aliphatic rings. The lowest BCUT2D eigenvalue weighted by Gasteiger charge is -2.02. The second-order valence-corrected chi connectivity index (χ2v) is 6.18. The Hall–Kier alpha value is -2.04. The van der Waals surface area contributed by atoms with Gasteiger partial charge in [0.15, 0.2) is 0 Å². The Morgan fingerprint density at radius 3 is 1.23 bits per heavy atom. The Labute approximate surface area is 139 Å². The molecule has 0 aromatic heterocycles. The Bertz CT molecular complexity index is 651.